The maximum Gasteiger partial charge on any atom is 0.264 e. The second-order valence-electron chi connectivity index (χ2n) is 6.84. The number of hydrogen-bond donors (Lipinski definition) is 1. The zero-order valence-electron chi connectivity index (χ0n) is 15.6. The van der Waals surface area contributed by atoms with Crippen LogP contribution in [0, 0.1) is 13.8 Å². The lowest BCUT2D eigenvalue weighted by molar-refractivity contribution is -0.117. The number of para-hydroxylation sites is 1. The van der Waals surface area contributed by atoms with Crippen molar-refractivity contribution in [1.29, 1.82) is 0 Å². The van der Waals surface area contributed by atoms with E-state index in [9.17, 15) is 9.59 Å². The summed E-state index contributed by atoms with van der Waals surface area (Å²) in [5.74, 6) is 0.0712. The Kier molecular flexibility index (Phi) is 6.68. The largest absolute Gasteiger partial charge is 0.337 e. The van der Waals surface area contributed by atoms with Gasteiger partial charge < -0.3 is 10.2 Å². The number of rotatable bonds is 4. The molecule has 1 aliphatic rings. The van der Waals surface area contributed by atoms with E-state index in [0.717, 1.165) is 45.0 Å². The van der Waals surface area contributed by atoms with Gasteiger partial charge in [-0.2, -0.15) is 0 Å². The maximum absolute atomic E-state index is 12.6. The lowest BCUT2D eigenvalue weighted by atomic mass is 10.1. The number of nitrogens with zero attached hydrogens (tertiary/aromatic N) is 2. The van der Waals surface area contributed by atoms with Crippen molar-refractivity contribution >= 4 is 44.8 Å². The van der Waals surface area contributed by atoms with Crippen LogP contribution in [-0.2, 0) is 4.79 Å². The first-order valence-electron chi connectivity index (χ1n) is 9.07. The van der Waals surface area contributed by atoms with E-state index in [4.69, 9.17) is 0 Å². The van der Waals surface area contributed by atoms with Crippen molar-refractivity contribution in [2.75, 3.05) is 38.0 Å². The van der Waals surface area contributed by atoms with E-state index in [1.165, 1.54) is 11.3 Å². The van der Waals surface area contributed by atoms with Gasteiger partial charge in [-0.05, 0) is 59.5 Å². The summed E-state index contributed by atoms with van der Waals surface area (Å²) in [6.45, 7) is 7.24. The highest BCUT2D eigenvalue weighted by Gasteiger charge is 2.22. The summed E-state index contributed by atoms with van der Waals surface area (Å²) in [5, 5.41) is 3.04. The molecule has 0 bridgehead atoms. The minimum Gasteiger partial charge on any atom is -0.337 e. The average molecular weight is 450 g/mol. The smallest absolute Gasteiger partial charge is 0.264 e. The molecule has 0 atom stereocenters. The fourth-order valence-corrected chi connectivity index (χ4v) is 4.66. The van der Waals surface area contributed by atoms with Gasteiger partial charge in [0.1, 0.15) is 0 Å². The van der Waals surface area contributed by atoms with Crippen molar-refractivity contribution in [2.45, 2.75) is 20.3 Å². The van der Waals surface area contributed by atoms with E-state index >= 15 is 0 Å². The van der Waals surface area contributed by atoms with Crippen molar-refractivity contribution in [1.82, 2.24) is 9.80 Å². The molecule has 2 heterocycles. The predicted molar refractivity (Wildman–Crippen MR) is 114 cm³/mol. The predicted octanol–water partition coefficient (Wildman–Crippen LogP) is 3.91. The molecule has 2 aromatic rings. The molecule has 3 rings (SSSR count). The van der Waals surface area contributed by atoms with E-state index in [1.54, 1.807) is 0 Å². The Hall–Kier alpha value is -1.70. The van der Waals surface area contributed by atoms with Gasteiger partial charge in [-0.15, -0.1) is 11.3 Å². The third-order valence-corrected chi connectivity index (χ3v) is 6.38. The van der Waals surface area contributed by atoms with Crippen LogP contribution in [0.2, 0.25) is 0 Å². The monoisotopic (exact) mass is 449 g/mol. The van der Waals surface area contributed by atoms with Crippen LogP contribution in [0.25, 0.3) is 0 Å². The van der Waals surface area contributed by atoms with Gasteiger partial charge in [-0.3, -0.25) is 14.5 Å². The molecule has 1 saturated heterocycles. The van der Waals surface area contributed by atoms with E-state index in [1.807, 2.05) is 49.1 Å². The number of hydrogen-bond acceptors (Lipinski definition) is 4. The molecule has 0 saturated carbocycles. The normalized spacial score (nSPS) is 15.4. The molecular formula is C20H24BrN3O2S. The molecule has 1 aromatic carbocycles. The second kappa shape index (κ2) is 8.99. The number of aryl methyl sites for hydroxylation is 2. The summed E-state index contributed by atoms with van der Waals surface area (Å²) < 4.78 is 0.963. The Labute approximate surface area is 172 Å². The van der Waals surface area contributed by atoms with Gasteiger partial charge in [0.15, 0.2) is 0 Å². The third-order valence-electron chi connectivity index (χ3n) is 4.77. The minimum atomic E-state index is -0.00522. The van der Waals surface area contributed by atoms with Gasteiger partial charge in [-0.1, -0.05) is 18.2 Å². The highest BCUT2D eigenvalue weighted by atomic mass is 79.9. The molecule has 7 heteroatoms. The summed E-state index contributed by atoms with van der Waals surface area (Å²) in [6, 6.07) is 9.76. The Balaban J connectivity index is 1.55. The Morgan fingerprint density at radius 1 is 1.07 bits per heavy atom. The molecule has 0 aliphatic carbocycles. The quantitative estimate of drug-likeness (QED) is 0.769. The fourth-order valence-electron chi connectivity index (χ4n) is 3.31. The molecule has 1 N–H and O–H groups in total. The number of amides is 2. The number of carbonyl (C=O) groups is 2. The molecule has 1 aliphatic heterocycles. The molecule has 0 spiro atoms. The van der Waals surface area contributed by atoms with Crippen LogP contribution in [0.4, 0.5) is 5.69 Å². The molecule has 27 heavy (non-hydrogen) atoms. The van der Waals surface area contributed by atoms with Gasteiger partial charge in [0, 0.05) is 31.9 Å². The lowest BCUT2D eigenvalue weighted by Gasteiger charge is -2.21. The number of benzene rings is 1. The van der Waals surface area contributed by atoms with Crippen LogP contribution in [0.5, 0.6) is 0 Å². The maximum atomic E-state index is 12.6. The minimum absolute atomic E-state index is 0.00522. The third kappa shape index (κ3) is 5.18. The summed E-state index contributed by atoms with van der Waals surface area (Å²) in [4.78, 5) is 29.9. The van der Waals surface area contributed by atoms with E-state index in [2.05, 4.69) is 26.1 Å². The SMILES string of the molecule is Cc1cccc(C)c1NC(=O)CN1CCCN(C(=O)c2ccc(Br)s2)CC1. The van der Waals surface area contributed by atoms with Gasteiger partial charge in [0.2, 0.25) is 5.91 Å². The first-order chi connectivity index (χ1) is 12.9. The van der Waals surface area contributed by atoms with Crippen LogP contribution >= 0.6 is 27.3 Å². The van der Waals surface area contributed by atoms with Crippen LogP contribution in [-0.4, -0.2) is 54.3 Å². The second-order valence-corrected chi connectivity index (χ2v) is 9.30. The summed E-state index contributed by atoms with van der Waals surface area (Å²) in [7, 11) is 0. The Morgan fingerprint density at radius 3 is 2.48 bits per heavy atom. The number of thiophene rings is 1. The summed E-state index contributed by atoms with van der Waals surface area (Å²) in [5.41, 5.74) is 3.04. The van der Waals surface area contributed by atoms with Crippen molar-refractivity contribution in [3.63, 3.8) is 0 Å². The van der Waals surface area contributed by atoms with Crippen LogP contribution in [0.3, 0.4) is 0 Å². The average Bonchev–Trinajstić information content (AvgIpc) is 2.93. The fraction of sp³-hybridized carbons (Fsp3) is 0.400. The molecule has 1 aromatic heterocycles. The standard InChI is InChI=1S/C20H24BrN3O2S/c1-14-5-3-6-15(2)19(14)22-18(25)13-23-9-4-10-24(12-11-23)20(26)16-7-8-17(21)27-16/h3,5-8H,4,9-13H2,1-2H3,(H,22,25). The highest BCUT2D eigenvalue weighted by molar-refractivity contribution is 9.11. The van der Waals surface area contributed by atoms with Crippen LogP contribution < -0.4 is 5.32 Å². The van der Waals surface area contributed by atoms with Crippen molar-refractivity contribution < 1.29 is 9.59 Å². The molecular weight excluding hydrogens is 426 g/mol. The number of nitrogens with one attached hydrogen (secondary N) is 1. The first-order valence-corrected chi connectivity index (χ1v) is 10.7. The van der Waals surface area contributed by atoms with Crippen molar-refractivity contribution in [2.24, 2.45) is 0 Å². The molecule has 144 valence electrons. The van der Waals surface area contributed by atoms with E-state index in [-0.39, 0.29) is 11.8 Å². The molecule has 0 radical (unpaired) electrons. The number of halogens is 1. The summed E-state index contributed by atoms with van der Waals surface area (Å²) in [6.07, 6.45) is 0.870. The Morgan fingerprint density at radius 2 is 1.81 bits per heavy atom. The molecule has 5 nitrogen and oxygen atoms in total. The zero-order valence-corrected chi connectivity index (χ0v) is 18.0. The Bertz CT molecular complexity index is 816. The molecule has 0 unspecified atom stereocenters. The molecule has 1 fully saturated rings. The van der Waals surface area contributed by atoms with Crippen LogP contribution in [0.1, 0.15) is 27.2 Å². The molecule has 2 amide bonds. The lowest BCUT2D eigenvalue weighted by Crippen LogP contribution is -2.38. The van der Waals surface area contributed by atoms with Gasteiger partial charge >= 0.3 is 0 Å². The first kappa shape index (κ1) is 20.0. The van der Waals surface area contributed by atoms with Gasteiger partial charge in [0.05, 0.1) is 15.2 Å². The summed E-state index contributed by atoms with van der Waals surface area (Å²) >= 11 is 4.87. The van der Waals surface area contributed by atoms with Crippen LogP contribution in [0.15, 0.2) is 34.1 Å². The number of carbonyl (C=O) groups excluding carboxylic acids is 2. The topological polar surface area (TPSA) is 52.7 Å². The van der Waals surface area contributed by atoms with Crippen molar-refractivity contribution in [3.8, 4) is 0 Å². The zero-order chi connectivity index (χ0) is 19.4. The van der Waals surface area contributed by atoms with Gasteiger partial charge in [-0.25, -0.2) is 0 Å². The highest BCUT2D eigenvalue weighted by Crippen LogP contribution is 2.24. The van der Waals surface area contributed by atoms with E-state index in [0.29, 0.717) is 19.6 Å². The van der Waals surface area contributed by atoms with E-state index < -0.39 is 0 Å². The number of anilines is 1. The van der Waals surface area contributed by atoms with Crippen molar-refractivity contribution in [3.05, 3.63) is 50.1 Å². The van der Waals surface area contributed by atoms with Gasteiger partial charge in [0.25, 0.3) is 5.91 Å².